The Bertz CT molecular complexity index is 1020. The minimum atomic E-state index is -0.0103. The molecule has 8 heteroatoms. The van der Waals surface area contributed by atoms with Gasteiger partial charge in [-0.1, -0.05) is 37.6 Å². The van der Waals surface area contributed by atoms with Gasteiger partial charge in [-0.25, -0.2) is 0 Å². The maximum atomic E-state index is 13.1. The third kappa shape index (κ3) is 7.04. The van der Waals surface area contributed by atoms with Gasteiger partial charge in [-0.15, -0.1) is 0 Å². The number of anilines is 2. The summed E-state index contributed by atoms with van der Waals surface area (Å²) in [5, 5.41) is 13.7. The van der Waals surface area contributed by atoms with Gasteiger partial charge in [-0.05, 0) is 55.3 Å². The molecule has 2 aliphatic rings. The molecule has 1 atom stereocenters. The molecule has 188 valence electrons. The summed E-state index contributed by atoms with van der Waals surface area (Å²) in [6.45, 7) is 8.20. The molecule has 0 aliphatic carbocycles. The van der Waals surface area contributed by atoms with Crippen molar-refractivity contribution in [2.24, 2.45) is 5.92 Å². The zero-order valence-electron chi connectivity index (χ0n) is 19.5. The Kier molecular flexibility index (Phi) is 9.68. The van der Waals surface area contributed by atoms with Gasteiger partial charge in [0.15, 0.2) is 0 Å². The van der Waals surface area contributed by atoms with Crippen molar-refractivity contribution in [1.82, 2.24) is 9.80 Å². The molecule has 2 fully saturated rings. The van der Waals surface area contributed by atoms with Gasteiger partial charge in [-0.3, -0.25) is 9.69 Å². The maximum absolute atomic E-state index is 13.1. The standard InChI is InChI=1S/C26H31Cl2N5O.CH4/c1-19(18-31-12-14-32(15-13-31)24-6-3-21(27)4-7-24)26(34)33-10-8-22(9-11-33)30-23-5-2-20(17-29)25(28)16-23;/h2-7,16,19,22,30H,8-15,18H2,1H3;1H4. The highest BCUT2D eigenvalue weighted by molar-refractivity contribution is 6.32. The number of halogens is 2. The molecule has 6 nitrogen and oxygen atoms in total. The molecule has 4 rings (SSSR count). The molecule has 2 aromatic rings. The van der Waals surface area contributed by atoms with E-state index in [9.17, 15) is 4.79 Å². The normalized spacial score (nSPS) is 17.9. The highest BCUT2D eigenvalue weighted by Crippen LogP contribution is 2.24. The van der Waals surface area contributed by atoms with E-state index in [0.29, 0.717) is 16.6 Å². The Balaban J connectivity index is 0.00000342. The van der Waals surface area contributed by atoms with Crippen LogP contribution in [0.3, 0.4) is 0 Å². The monoisotopic (exact) mass is 515 g/mol. The van der Waals surface area contributed by atoms with Crippen LogP contribution in [0.4, 0.5) is 11.4 Å². The molecule has 1 N–H and O–H groups in total. The summed E-state index contributed by atoms with van der Waals surface area (Å²) in [6, 6.07) is 15.8. The Hall–Kier alpha value is -2.46. The predicted molar refractivity (Wildman–Crippen MR) is 145 cm³/mol. The molecule has 0 radical (unpaired) electrons. The number of rotatable bonds is 6. The van der Waals surface area contributed by atoms with Crippen molar-refractivity contribution >= 4 is 40.5 Å². The number of piperazine rings is 1. The van der Waals surface area contributed by atoms with Crippen LogP contribution < -0.4 is 10.2 Å². The van der Waals surface area contributed by atoms with Crippen LogP contribution in [0.1, 0.15) is 32.8 Å². The molecule has 1 unspecified atom stereocenters. The summed E-state index contributed by atoms with van der Waals surface area (Å²) in [7, 11) is 0. The van der Waals surface area contributed by atoms with Gasteiger partial charge in [0.1, 0.15) is 6.07 Å². The second-order valence-electron chi connectivity index (χ2n) is 9.22. The van der Waals surface area contributed by atoms with Gasteiger partial charge < -0.3 is 15.1 Å². The first-order valence-electron chi connectivity index (χ1n) is 11.9. The van der Waals surface area contributed by atoms with Crippen molar-refractivity contribution in [2.45, 2.75) is 33.2 Å². The molecule has 2 saturated heterocycles. The fraction of sp³-hybridized carbons (Fsp3) is 0.481. The highest BCUT2D eigenvalue weighted by Gasteiger charge is 2.28. The summed E-state index contributed by atoms with van der Waals surface area (Å²) in [4.78, 5) is 19.9. The number of nitrogens with zero attached hydrogens (tertiary/aromatic N) is 4. The zero-order valence-corrected chi connectivity index (χ0v) is 21.0. The van der Waals surface area contributed by atoms with Gasteiger partial charge >= 0.3 is 0 Å². The quantitative estimate of drug-likeness (QED) is 0.560. The Morgan fingerprint density at radius 3 is 2.31 bits per heavy atom. The molecule has 2 aromatic carbocycles. The van der Waals surface area contributed by atoms with Crippen LogP contribution in [0.25, 0.3) is 0 Å². The van der Waals surface area contributed by atoms with E-state index in [1.165, 1.54) is 5.69 Å². The largest absolute Gasteiger partial charge is 0.382 e. The van der Waals surface area contributed by atoms with E-state index in [1.807, 2.05) is 23.1 Å². The number of nitrogens with one attached hydrogen (secondary N) is 1. The lowest BCUT2D eigenvalue weighted by atomic mass is 10.0. The van der Waals surface area contributed by atoms with Crippen LogP contribution in [0, 0.1) is 17.2 Å². The van der Waals surface area contributed by atoms with Crippen molar-refractivity contribution in [3.05, 3.63) is 58.1 Å². The van der Waals surface area contributed by atoms with Gasteiger partial charge in [0, 0.05) is 74.2 Å². The second-order valence-corrected chi connectivity index (χ2v) is 10.1. The summed E-state index contributed by atoms with van der Waals surface area (Å²) in [6.07, 6.45) is 1.80. The molecular formula is C27H35Cl2N5O. The lowest BCUT2D eigenvalue weighted by molar-refractivity contribution is -0.136. The molecule has 0 spiro atoms. The van der Waals surface area contributed by atoms with Crippen LogP contribution in [0.15, 0.2) is 42.5 Å². The Morgan fingerprint density at radius 1 is 1.06 bits per heavy atom. The van der Waals surface area contributed by atoms with E-state index in [-0.39, 0.29) is 19.3 Å². The van der Waals surface area contributed by atoms with E-state index < -0.39 is 0 Å². The average molecular weight is 517 g/mol. The molecule has 0 bridgehead atoms. The fourth-order valence-corrected chi connectivity index (χ4v) is 5.14. The van der Waals surface area contributed by atoms with Crippen molar-refractivity contribution < 1.29 is 4.79 Å². The predicted octanol–water partition coefficient (Wildman–Crippen LogP) is 5.36. The number of carbonyl (C=O) groups is 1. The van der Waals surface area contributed by atoms with Crippen LogP contribution >= 0.6 is 23.2 Å². The smallest absolute Gasteiger partial charge is 0.226 e. The number of hydrogen-bond donors (Lipinski definition) is 1. The SMILES string of the molecule is C.CC(CN1CCN(c2ccc(Cl)cc2)CC1)C(=O)N1CCC(Nc2ccc(C#N)c(Cl)c2)CC1. The van der Waals surface area contributed by atoms with Crippen LogP contribution in [-0.4, -0.2) is 67.6 Å². The third-order valence-electron chi connectivity index (χ3n) is 6.78. The molecule has 2 aliphatic heterocycles. The topological polar surface area (TPSA) is 62.6 Å². The van der Waals surface area contributed by atoms with Crippen molar-refractivity contribution in [2.75, 3.05) is 56.0 Å². The van der Waals surface area contributed by atoms with E-state index >= 15 is 0 Å². The van der Waals surface area contributed by atoms with Crippen molar-refractivity contribution in [1.29, 1.82) is 5.26 Å². The van der Waals surface area contributed by atoms with Gasteiger partial charge in [0.05, 0.1) is 10.6 Å². The number of carbonyl (C=O) groups excluding carboxylic acids is 1. The Morgan fingerprint density at radius 2 is 1.71 bits per heavy atom. The van der Waals surface area contributed by atoms with E-state index in [0.717, 1.165) is 69.4 Å². The summed E-state index contributed by atoms with van der Waals surface area (Å²) in [5.41, 5.74) is 2.60. The van der Waals surface area contributed by atoms with E-state index in [1.54, 1.807) is 12.1 Å². The fourth-order valence-electron chi connectivity index (χ4n) is 4.79. The van der Waals surface area contributed by atoms with Crippen molar-refractivity contribution in [3.63, 3.8) is 0 Å². The average Bonchev–Trinajstić information content (AvgIpc) is 2.85. The summed E-state index contributed by atoms with van der Waals surface area (Å²) < 4.78 is 0. The van der Waals surface area contributed by atoms with Crippen LogP contribution in [-0.2, 0) is 4.79 Å². The van der Waals surface area contributed by atoms with E-state index in [2.05, 4.69) is 40.2 Å². The van der Waals surface area contributed by atoms with Crippen LogP contribution in [0.2, 0.25) is 10.0 Å². The zero-order chi connectivity index (χ0) is 24.1. The number of piperidine rings is 1. The van der Waals surface area contributed by atoms with Gasteiger partial charge in [0.25, 0.3) is 0 Å². The number of amides is 1. The first-order chi connectivity index (χ1) is 16.4. The first kappa shape index (κ1) is 27.1. The molecule has 35 heavy (non-hydrogen) atoms. The first-order valence-corrected chi connectivity index (χ1v) is 12.7. The maximum Gasteiger partial charge on any atom is 0.226 e. The lowest BCUT2D eigenvalue weighted by Crippen LogP contribution is -2.50. The van der Waals surface area contributed by atoms with Crippen LogP contribution in [0.5, 0.6) is 0 Å². The highest BCUT2D eigenvalue weighted by atomic mass is 35.5. The van der Waals surface area contributed by atoms with E-state index in [4.69, 9.17) is 28.5 Å². The molecular weight excluding hydrogens is 481 g/mol. The summed E-state index contributed by atoms with van der Waals surface area (Å²) >= 11 is 12.1. The number of benzene rings is 2. The van der Waals surface area contributed by atoms with Gasteiger partial charge in [-0.2, -0.15) is 5.26 Å². The van der Waals surface area contributed by atoms with Gasteiger partial charge in [0.2, 0.25) is 5.91 Å². The lowest BCUT2D eigenvalue weighted by Gasteiger charge is -2.38. The number of nitriles is 1. The number of hydrogen-bond acceptors (Lipinski definition) is 5. The molecule has 0 saturated carbocycles. The minimum Gasteiger partial charge on any atom is -0.382 e. The third-order valence-corrected chi connectivity index (χ3v) is 7.35. The molecule has 1 amide bonds. The minimum absolute atomic E-state index is 0. The van der Waals surface area contributed by atoms with Crippen molar-refractivity contribution in [3.8, 4) is 6.07 Å². The second kappa shape index (κ2) is 12.5. The summed E-state index contributed by atoms with van der Waals surface area (Å²) in [5.74, 6) is 0.240. The molecule has 0 aromatic heterocycles. The number of likely N-dealkylation sites (tertiary alicyclic amines) is 1. The molecule has 2 heterocycles. The Labute approximate surface area is 219 Å².